The second-order valence-corrected chi connectivity index (χ2v) is 9.80. The molecular weight excluding hydrogens is 538 g/mol. The Kier molecular flexibility index (Phi) is 7.39. The Morgan fingerprint density at radius 2 is 1.73 bits per heavy atom. The summed E-state index contributed by atoms with van der Waals surface area (Å²) in [5, 5.41) is 7.46. The Labute approximate surface area is 233 Å². The van der Waals surface area contributed by atoms with Crippen molar-refractivity contribution in [1.29, 1.82) is 0 Å². The van der Waals surface area contributed by atoms with Crippen molar-refractivity contribution in [2.75, 3.05) is 11.4 Å². The zero-order valence-electron chi connectivity index (χ0n) is 22.2. The fourth-order valence-electron chi connectivity index (χ4n) is 5.20. The third kappa shape index (κ3) is 5.20. The van der Waals surface area contributed by atoms with E-state index in [9.17, 15) is 27.2 Å². The SMILES string of the molecule is CCN1C(=O)[C@@H](NC(=O)c2cccc(C(F)(F)F)c2)[C@@H](c2ccc(F)cc2)c2c([C@@H](C)N)nn(-c3ccccc3)c21. The van der Waals surface area contributed by atoms with Gasteiger partial charge in [-0.2, -0.15) is 18.3 Å². The van der Waals surface area contributed by atoms with Crippen molar-refractivity contribution in [2.24, 2.45) is 5.73 Å². The number of aromatic nitrogens is 2. The molecule has 1 aliphatic heterocycles. The number of carbonyl (C=O) groups excluding carboxylic acids is 2. The molecule has 3 atom stereocenters. The smallest absolute Gasteiger partial charge is 0.339 e. The van der Waals surface area contributed by atoms with Crippen molar-refractivity contribution in [3.05, 3.63) is 113 Å². The summed E-state index contributed by atoms with van der Waals surface area (Å²) in [7, 11) is 0. The molecule has 3 N–H and O–H groups in total. The number of nitrogens with one attached hydrogen (secondary N) is 1. The van der Waals surface area contributed by atoms with E-state index in [1.54, 1.807) is 18.5 Å². The number of para-hydroxylation sites is 1. The number of benzene rings is 3. The van der Waals surface area contributed by atoms with Crippen LogP contribution < -0.4 is 16.0 Å². The Hall–Kier alpha value is -4.51. The summed E-state index contributed by atoms with van der Waals surface area (Å²) in [5.74, 6) is -2.27. The standard InChI is InChI=1S/C30H27F4N5O2/c1-3-38-28-24(25(17(2)35)37-39(28)22-10-5-4-6-11-22)23(18-12-14-21(31)15-13-18)26(29(38)41)36-27(40)19-8-7-9-20(16-19)30(32,33)34/h4-17,23,26H,3,35H2,1-2H3,(H,36,40)/t17-,23+,26+/m1/s1. The molecule has 2 amide bonds. The van der Waals surface area contributed by atoms with Gasteiger partial charge < -0.3 is 11.1 Å². The van der Waals surface area contributed by atoms with Gasteiger partial charge in [0.25, 0.3) is 11.8 Å². The summed E-state index contributed by atoms with van der Waals surface area (Å²) in [5.41, 5.74) is 7.32. The fraction of sp³-hybridized carbons (Fsp3) is 0.233. The third-order valence-electron chi connectivity index (χ3n) is 7.07. The molecule has 0 spiro atoms. The first-order valence-electron chi connectivity index (χ1n) is 13.0. The Morgan fingerprint density at radius 1 is 1.05 bits per heavy atom. The number of likely N-dealkylation sites (N-methyl/N-ethyl adjacent to an activating group) is 1. The average molecular weight is 566 g/mol. The number of nitrogens with two attached hydrogens (primary N) is 1. The van der Waals surface area contributed by atoms with Gasteiger partial charge in [0.1, 0.15) is 17.7 Å². The van der Waals surface area contributed by atoms with Crippen LogP contribution in [0.2, 0.25) is 0 Å². The molecule has 0 bridgehead atoms. The highest BCUT2D eigenvalue weighted by molar-refractivity contribution is 6.05. The zero-order chi connectivity index (χ0) is 29.5. The summed E-state index contributed by atoms with van der Waals surface area (Å²) >= 11 is 0. The predicted octanol–water partition coefficient (Wildman–Crippen LogP) is 5.35. The van der Waals surface area contributed by atoms with E-state index in [-0.39, 0.29) is 12.1 Å². The van der Waals surface area contributed by atoms with Gasteiger partial charge in [-0.1, -0.05) is 36.4 Å². The molecule has 0 aliphatic carbocycles. The summed E-state index contributed by atoms with van der Waals surface area (Å²) in [6.07, 6.45) is -4.65. The van der Waals surface area contributed by atoms with Gasteiger partial charge in [-0.15, -0.1) is 0 Å². The van der Waals surface area contributed by atoms with Crippen molar-refractivity contribution in [3.63, 3.8) is 0 Å². The molecule has 41 heavy (non-hydrogen) atoms. The van der Waals surface area contributed by atoms with Crippen LogP contribution in [-0.4, -0.2) is 34.2 Å². The highest BCUT2D eigenvalue weighted by atomic mass is 19.4. The Bertz CT molecular complexity index is 1580. The number of amides is 2. The second kappa shape index (κ2) is 10.8. The topological polar surface area (TPSA) is 93.2 Å². The summed E-state index contributed by atoms with van der Waals surface area (Å²) in [4.78, 5) is 28.9. The number of hydrogen-bond acceptors (Lipinski definition) is 4. The lowest BCUT2D eigenvalue weighted by Gasteiger charge is -2.38. The van der Waals surface area contributed by atoms with Crippen LogP contribution >= 0.6 is 0 Å². The minimum Gasteiger partial charge on any atom is -0.339 e. The molecule has 7 nitrogen and oxygen atoms in total. The van der Waals surface area contributed by atoms with Crippen LogP contribution in [0.15, 0.2) is 78.9 Å². The Morgan fingerprint density at radius 3 is 2.34 bits per heavy atom. The number of alkyl halides is 3. The van der Waals surface area contributed by atoms with Gasteiger partial charge in [-0.3, -0.25) is 14.5 Å². The molecule has 2 heterocycles. The van der Waals surface area contributed by atoms with Crippen LogP contribution in [0.25, 0.3) is 5.69 Å². The molecule has 4 aromatic rings. The minimum atomic E-state index is -4.65. The largest absolute Gasteiger partial charge is 0.416 e. The highest BCUT2D eigenvalue weighted by Gasteiger charge is 2.46. The number of fused-ring (bicyclic) bond motifs is 1. The van der Waals surface area contributed by atoms with Crippen LogP contribution in [0.5, 0.6) is 0 Å². The molecule has 5 rings (SSSR count). The van der Waals surface area contributed by atoms with E-state index in [4.69, 9.17) is 10.8 Å². The Balaban J connectivity index is 1.70. The lowest BCUT2D eigenvalue weighted by atomic mass is 9.80. The maximum atomic E-state index is 14.1. The molecule has 0 saturated carbocycles. The van der Waals surface area contributed by atoms with Crippen LogP contribution in [0.3, 0.4) is 0 Å². The minimum absolute atomic E-state index is 0.203. The number of hydrogen-bond donors (Lipinski definition) is 2. The number of carbonyl (C=O) groups is 2. The first-order valence-corrected chi connectivity index (χ1v) is 13.0. The molecular formula is C30H27F4N5O2. The summed E-state index contributed by atoms with van der Waals surface area (Å²) < 4.78 is 55.6. The van der Waals surface area contributed by atoms with Crippen LogP contribution in [-0.2, 0) is 11.0 Å². The average Bonchev–Trinajstić information content (AvgIpc) is 3.34. The fourth-order valence-corrected chi connectivity index (χ4v) is 5.20. The molecule has 11 heteroatoms. The first kappa shape index (κ1) is 28.0. The van der Waals surface area contributed by atoms with Crippen LogP contribution in [0.1, 0.15) is 58.5 Å². The van der Waals surface area contributed by atoms with E-state index in [1.807, 2.05) is 30.3 Å². The third-order valence-corrected chi connectivity index (χ3v) is 7.07. The monoisotopic (exact) mass is 565 g/mol. The molecule has 0 radical (unpaired) electrons. The normalized spacial score (nSPS) is 17.7. The predicted molar refractivity (Wildman–Crippen MR) is 145 cm³/mol. The number of rotatable bonds is 6. The molecule has 1 aromatic heterocycles. The van der Waals surface area contributed by atoms with E-state index >= 15 is 0 Å². The first-order chi connectivity index (χ1) is 19.5. The molecule has 0 unspecified atom stereocenters. The highest BCUT2D eigenvalue weighted by Crippen LogP contribution is 2.45. The van der Waals surface area contributed by atoms with Gasteiger partial charge in [0, 0.05) is 29.6 Å². The van der Waals surface area contributed by atoms with E-state index in [1.165, 1.54) is 35.2 Å². The van der Waals surface area contributed by atoms with Crippen molar-refractivity contribution < 1.29 is 27.2 Å². The molecule has 1 aliphatic rings. The quantitative estimate of drug-likeness (QED) is 0.309. The zero-order valence-corrected chi connectivity index (χ0v) is 22.2. The lowest BCUT2D eigenvalue weighted by Crippen LogP contribution is -2.55. The lowest BCUT2D eigenvalue weighted by molar-refractivity contribution is -0.137. The van der Waals surface area contributed by atoms with Gasteiger partial charge in [0.2, 0.25) is 0 Å². The van der Waals surface area contributed by atoms with Gasteiger partial charge in [0.05, 0.1) is 16.9 Å². The van der Waals surface area contributed by atoms with Gasteiger partial charge in [-0.25, -0.2) is 9.07 Å². The maximum Gasteiger partial charge on any atom is 0.416 e. The van der Waals surface area contributed by atoms with Crippen LogP contribution in [0, 0.1) is 5.82 Å². The second-order valence-electron chi connectivity index (χ2n) is 9.80. The van der Waals surface area contributed by atoms with Crippen molar-refractivity contribution >= 4 is 17.6 Å². The summed E-state index contributed by atoms with van der Waals surface area (Å²) in [6, 6.07) is 16.8. The molecule has 3 aromatic carbocycles. The van der Waals surface area contributed by atoms with E-state index in [2.05, 4.69) is 5.32 Å². The molecule has 0 fully saturated rings. The molecule has 0 saturated heterocycles. The van der Waals surface area contributed by atoms with Gasteiger partial charge >= 0.3 is 6.18 Å². The number of nitrogens with zero attached hydrogens (tertiary/aromatic N) is 3. The van der Waals surface area contributed by atoms with Crippen molar-refractivity contribution in [3.8, 4) is 5.69 Å². The van der Waals surface area contributed by atoms with Crippen molar-refractivity contribution in [2.45, 2.75) is 38.0 Å². The number of anilines is 1. The van der Waals surface area contributed by atoms with Gasteiger partial charge in [-0.05, 0) is 61.9 Å². The van der Waals surface area contributed by atoms with Crippen LogP contribution in [0.4, 0.5) is 23.4 Å². The summed E-state index contributed by atoms with van der Waals surface area (Å²) in [6.45, 7) is 3.71. The van der Waals surface area contributed by atoms with Crippen molar-refractivity contribution in [1.82, 2.24) is 15.1 Å². The van der Waals surface area contributed by atoms with E-state index in [0.29, 0.717) is 28.3 Å². The van der Waals surface area contributed by atoms with E-state index in [0.717, 1.165) is 18.2 Å². The maximum absolute atomic E-state index is 14.1. The van der Waals surface area contributed by atoms with E-state index < -0.39 is 47.4 Å². The number of halogens is 4. The van der Waals surface area contributed by atoms with Gasteiger partial charge in [0.15, 0.2) is 0 Å². The molecule has 212 valence electrons.